The minimum Gasteiger partial charge on any atom is -0.479 e. The molecule has 0 radical (unpaired) electrons. The van der Waals surface area contributed by atoms with Crippen molar-refractivity contribution >= 4 is 35.1 Å². The van der Waals surface area contributed by atoms with Crippen LogP contribution in [-0.4, -0.2) is 32.2 Å². The lowest BCUT2D eigenvalue weighted by Crippen LogP contribution is -2.30. The summed E-state index contributed by atoms with van der Waals surface area (Å²) in [6, 6.07) is 4.78. The van der Waals surface area contributed by atoms with E-state index < -0.39 is 12.0 Å². The average Bonchev–Trinajstić information content (AvgIpc) is 2.95. The number of aryl methyl sites for hydroxylation is 1. The van der Waals surface area contributed by atoms with Gasteiger partial charge in [-0.25, -0.2) is 0 Å². The van der Waals surface area contributed by atoms with Crippen LogP contribution in [0.1, 0.15) is 26.7 Å². The van der Waals surface area contributed by atoms with E-state index in [1.807, 2.05) is 0 Å². The first-order chi connectivity index (χ1) is 11.0. The summed E-state index contributed by atoms with van der Waals surface area (Å²) in [5, 5.41) is 15.1. The molecule has 0 fully saturated rings. The summed E-state index contributed by atoms with van der Waals surface area (Å²) in [7, 11) is 0. The molecule has 0 spiro atoms. The van der Waals surface area contributed by atoms with E-state index in [0.29, 0.717) is 22.3 Å². The zero-order valence-corrected chi connectivity index (χ0v) is 14.3. The minimum absolute atomic E-state index is 0.142. The second-order valence-electron chi connectivity index (χ2n) is 4.89. The van der Waals surface area contributed by atoms with Crippen LogP contribution in [0.15, 0.2) is 18.2 Å². The Morgan fingerprint density at radius 3 is 2.91 bits per heavy atom. The van der Waals surface area contributed by atoms with E-state index in [1.54, 1.807) is 25.1 Å². The van der Waals surface area contributed by atoms with Crippen molar-refractivity contribution in [3.8, 4) is 5.75 Å². The van der Waals surface area contributed by atoms with Gasteiger partial charge in [-0.3, -0.25) is 10.1 Å². The molecule has 0 unspecified atom stereocenters. The van der Waals surface area contributed by atoms with Crippen molar-refractivity contribution in [3.63, 3.8) is 0 Å². The first-order valence-corrected chi connectivity index (χ1v) is 7.95. The number of carbonyl (C=O) groups excluding carboxylic acids is 1. The van der Waals surface area contributed by atoms with Crippen molar-refractivity contribution in [2.24, 2.45) is 0 Å². The Morgan fingerprint density at radius 1 is 1.43 bits per heavy atom. The van der Waals surface area contributed by atoms with Gasteiger partial charge >= 0.3 is 0 Å². The van der Waals surface area contributed by atoms with Crippen molar-refractivity contribution in [2.75, 3.05) is 5.32 Å². The molecule has 0 aliphatic heterocycles. The third-order valence-corrected chi connectivity index (χ3v) is 3.50. The number of ether oxygens (including phenoxy) is 1. The highest BCUT2D eigenvalue weighted by Crippen LogP contribution is 2.28. The number of carbonyl (C=O) groups is 1. The van der Waals surface area contributed by atoms with Gasteiger partial charge in [-0.1, -0.05) is 41.6 Å². The maximum Gasteiger partial charge on any atom is 0.270 e. The van der Waals surface area contributed by atoms with Gasteiger partial charge < -0.3 is 4.74 Å². The predicted octanol–water partition coefficient (Wildman–Crippen LogP) is 3.19. The molecule has 1 heterocycles. The first kappa shape index (κ1) is 17.5. The van der Waals surface area contributed by atoms with Gasteiger partial charge in [0.05, 0.1) is 11.6 Å². The Bertz CT molecular complexity index is 677. The molecule has 0 aliphatic carbocycles. The van der Waals surface area contributed by atoms with Crippen molar-refractivity contribution in [3.05, 3.63) is 28.2 Å². The molecule has 124 valence electrons. The molecule has 1 aromatic heterocycles. The molecule has 7 nitrogen and oxygen atoms in total. The number of anilines is 1. The number of tetrazole rings is 1. The van der Waals surface area contributed by atoms with Crippen molar-refractivity contribution in [1.29, 1.82) is 0 Å². The molecular formula is C14H17Cl2N5O2. The summed E-state index contributed by atoms with van der Waals surface area (Å²) in [5.41, 5.74) is 0. The Hall–Kier alpha value is -1.86. The maximum absolute atomic E-state index is 12.1. The highest BCUT2D eigenvalue weighted by molar-refractivity contribution is 6.35. The van der Waals surface area contributed by atoms with Crippen LogP contribution in [0.2, 0.25) is 10.0 Å². The van der Waals surface area contributed by atoms with E-state index in [0.717, 1.165) is 12.8 Å². The Balaban J connectivity index is 1.93. The zero-order chi connectivity index (χ0) is 16.8. The summed E-state index contributed by atoms with van der Waals surface area (Å²) in [6.45, 7) is 4.33. The van der Waals surface area contributed by atoms with Crippen molar-refractivity contribution in [1.82, 2.24) is 20.2 Å². The molecule has 1 aromatic carbocycles. The van der Waals surface area contributed by atoms with E-state index in [2.05, 4.69) is 27.7 Å². The third kappa shape index (κ3) is 5.07. The molecule has 1 N–H and O–H groups in total. The van der Waals surface area contributed by atoms with Gasteiger partial charge in [0.2, 0.25) is 0 Å². The van der Waals surface area contributed by atoms with E-state index >= 15 is 0 Å². The number of rotatable bonds is 7. The van der Waals surface area contributed by atoms with Crippen LogP contribution in [0.3, 0.4) is 0 Å². The highest BCUT2D eigenvalue weighted by atomic mass is 35.5. The van der Waals surface area contributed by atoms with Crippen molar-refractivity contribution in [2.45, 2.75) is 39.3 Å². The lowest BCUT2D eigenvalue weighted by atomic mass is 10.3. The molecule has 23 heavy (non-hydrogen) atoms. The van der Waals surface area contributed by atoms with Gasteiger partial charge in [0.1, 0.15) is 5.75 Å². The third-order valence-electron chi connectivity index (χ3n) is 2.97. The molecule has 1 amide bonds. The minimum atomic E-state index is -0.781. The van der Waals surface area contributed by atoms with Gasteiger partial charge in [0.25, 0.3) is 11.9 Å². The first-order valence-electron chi connectivity index (χ1n) is 7.20. The fourth-order valence-corrected chi connectivity index (χ4v) is 2.17. The van der Waals surface area contributed by atoms with Crippen LogP contribution < -0.4 is 10.1 Å². The Labute approximate surface area is 143 Å². The molecule has 0 bridgehead atoms. The van der Waals surface area contributed by atoms with Gasteiger partial charge in [-0.15, -0.1) is 5.10 Å². The van der Waals surface area contributed by atoms with Crippen LogP contribution >= 0.6 is 23.2 Å². The molecule has 0 saturated carbocycles. The average molecular weight is 358 g/mol. The summed E-state index contributed by atoms with van der Waals surface area (Å²) >= 11 is 11.8. The SMILES string of the molecule is CCCCn1nnc(NC(=O)[C@@H](C)Oc2ccc(Cl)cc2Cl)n1. The number of hydrogen-bond acceptors (Lipinski definition) is 5. The number of hydrogen-bond donors (Lipinski definition) is 1. The Morgan fingerprint density at radius 2 is 2.22 bits per heavy atom. The van der Waals surface area contributed by atoms with Crippen LogP contribution in [-0.2, 0) is 11.3 Å². The lowest BCUT2D eigenvalue weighted by molar-refractivity contribution is -0.122. The Kier molecular flexibility index (Phi) is 6.18. The largest absolute Gasteiger partial charge is 0.479 e. The van der Waals surface area contributed by atoms with Crippen LogP contribution in [0, 0.1) is 0 Å². The van der Waals surface area contributed by atoms with E-state index in [-0.39, 0.29) is 5.95 Å². The van der Waals surface area contributed by atoms with E-state index in [9.17, 15) is 4.79 Å². The number of amides is 1. The topological polar surface area (TPSA) is 81.9 Å². The number of nitrogens with one attached hydrogen (secondary N) is 1. The second kappa shape index (κ2) is 8.12. The van der Waals surface area contributed by atoms with Crippen LogP contribution in [0.4, 0.5) is 5.95 Å². The molecule has 1 atom stereocenters. The summed E-state index contributed by atoms with van der Waals surface area (Å²) in [4.78, 5) is 13.5. The summed E-state index contributed by atoms with van der Waals surface area (Å²) in [5.74, 6) is 0.119. The van der Waals surface area contributed by atoms with E-state index in [1.165, 1.54) is 4.80 Å². The smallest absolute Gasteiger partial charge is 0.270 e. The van der Waals surface area contributed by atoms with Gasteiger partial charge in [-0.05, 0) is 36.8 Å². The number of aromatic nitrogens is 4. The standard InChI is InChI=1S/C14H17Cl2N5O2/c1-3-4-7-21-19-14(18-20-21)17-13(22)9(2)23-12-6-5-10(15)8-11(12)16/h5-6,8-9H,3-4,7H2,1-2H3,(H,17,19,22)/t9-/m1/s1. The van der Waals surface area contributed by atoms with E-state index in [4.69, 9.17) is 27.9 Å². The molecule has 0 saturated heterocycles. The lowest BCUT2D eigenvalue weighted by Gasteiger charge is -2.14. The second-order valence-corrected chi connectivity index (χ2v) is 5.73. The number of benzene rings is 1. The summed E-state index contributed by atoms with van der Waals surface area (Å²) in [6.07, 6.45) is 1.19. The van der Waals surface area contributed by atoms with Gasteiger partial charge in [0, 0.05) is 5.02 Å². The normalized spacial score (nSPS) is 12.0. The fourth-order valence-electron chi connectivity index (χ4n) is 1.71. The van der Waals surface area contributed by atoms with Crippen LogP contribution in [0.5, 0.6) is 5.75 Å². The molecule has 0 aliphatic rings. The summed E-state index contributed by atoms with van der Waals surface area (Å²) < 4.78 is 5.52. The maximum atomic E-state index is 12.1. The molecular weight excluding hydrogens is 341 g/mol. The number of nitrogens with zero attached hydrogens (tertiary/aromatic N) is 4. The monoisotopic (exact) mass is 357 g/mol. The van der Waals surface area contributed by atoms with Gasteiger partial charge in [0.15, 0.2) is 6.10 Å². The molecule has 9 heteroatoms. The highest BCUT2D eigenvalue weighted by Gasteiger charge is 2.18. The number of halogens is 2. The number of unbranched alkanes of at least 4 members (excludes halogenated alkanes) is 1. The quantitative estimate of drug-likeness (QED) is 0.822. The molecule has 2 aromatic rings. The molecule has 2 rings (SSSR count). The zero-order valence-electron chi connectivity index (χ0n) is 12.8. The predicted molar refractivity (Wildman–Crippen MR) is 87.9 cm³/mol. The van der Waals surface area contributed by atoms with Gasteiger partial charge in [-0.2, -0.15) is 4.80 Å². The fraction of sp³-hybridized carbons (Fsp3) is 0.429. The van der Waals surface area contributed by atoms with Crippen molar-refractivity contribution < 1.29 is 9.53 Å². The van der Waals surface area contributed by atoms with Crippen LogP contribution in [0.25, 0.3) is 0 Å².